The Morgan fingerprint density at radius 2 is 1.94 bits per heavy atom. The van der Waals surface area contributed by atoms with E-state index in [1.165, 1.54) is 31.4 Å². The summed E-state index contributed by atoms with van der Waals surface area (Å²) in [6.45, 7) is 2.36. The molecule has 3 unspecified atom stereocenters. The van der Waals surface area contributed by atoms with Crippen molar-refractivity contribution < 1.29 is 0 Å². The molecule has 0 N–H and O–H groups in total. The summed E-state index contributed by atoms with van der Waals surface area (Å²) in [6.07, 6.45) is 9.36. The Morgan fingerprint density at radius 3 is 2.56 bits per heavy atom. The summed E-state index contributed by atoms with van der Waals surface area (Å²) in [6, 6.07) is 14.1. The molecule has 0 heterocycles. The first-order valence-electron chi connectivity index (χ1n) is 7.43. The van der Waals surface area contributed by atoms with E-state index in [-0.39, 0.29) is 8.80 Å². The first-order valence-corrected chi connectivity index (χ1v) is 9.43. The van der Waals surface area contributed by atoms with Crippen molar-refractivity contribution in [2.24, 2.45) is 11.8 Å². The Kier molecular flexibility index (Phi) is 3.69. The second kappa shape index (κ2) is 5.44. The molecule has 1 saturated carbocycles. The highest BCUT2D eigenvalue weighted by Gasteiger charge is 2.40. The van der Waals surface area contributed by atoms with E-state index in [1.54, 1.807) is 5.56 Å². The molecule has 0 aromatic heterocycles. The van der Waals surface area contributed by atoms with Gasteiger partial charge in [-0.15, -0.1) is 0 Å². The van der Waals surface area contributed by atoms with Gasteiger partial charge in [0.1, 0.15) is 0 Å². The number of allylic oxidation sites excluding steroid dienone is 2. The third-order valence-corrected chi connectivity index (χ3v) is 8.37. The summed E-state index contributed by atoms with van der Waals surface area (Å²) in [7, 11) is -0.207. The average Bonchev–Trinajstić information content (AvgIpc) is 3.02. The van der Waals surface area contributed by atoms with Crippen LogP contribution in [-0.2, 0) is 6.04 Å². The van der Waals surface area contributed by atoms with Gasteiger partial charge in [0.25, 0.3) is 0 Å². The fourth-order valence-electron chi connectivity index (χ4n) is 3.83. The smallest absolute Gasteiger partial charge is 0.0564 e. The van der Waals surface area contributed by atoms with Gasteiger partial charge >= 0.3 is 0 Å². The molecule has 1 aromatic carbocycles. The quantitative estimate of drug-likeness (QED) is 0.531. The van der Waals surface area contributed by atoms with E-state index in [4.69, 9.17) is 0 Å². The Labute approximate surface area is 113 Å². The Balaban J connectivity index is 1.70. The first kappa shape index (κ1) is 12.2. The molecule has 3 atom stereocenters. The van der Waals surface area contributed by atoms with Gasteiger partial charge in [0.15, 0.2) is 0 Å². The molecule has 2 bridgehead atoms. The fourth-order valence-corrected chi connectivity index (χ4v) is 7.54. The number of benzene rings is 1. The maximum Gasteiger partial charge on any atom is 0.0564 e. The fraction of sp³-hybridized carbons (Fsp3) is 0.529. The van der Waals surface area contributed by atoms with Gasteiger partial charge in [0, 0.05) is 0 Å². The van der Waals surface area contributed by atoms with Crippen LogP contribution in [0.3, 0.4) is 0 Å². The van der Waals surface area contributed by atoms with Gasteiger partial charge in [-0.1, -0.05) is 67.4 Å². The maximum atomic E-state index is 2.53. The standard InChI is InChI=1S/C17H23Si/c1-2-10-18(13-14-6-4-3-5-7-14)17-12-15-8-9-16(17)11-15/h3-9,15-17H,2,10-13H2,1H3. The lowest BCUT2D eigenvalue weighted by atomic mass is 10.1. The summed E-state index contributed by atoms with van der Waals surface area (Å²) < 4.78 is 0. The van der Waals surface area contributed by atoms with Crippen LogP contribution in [-0.4, -0.2) is 8.80 Å². The predicted molar refractivity (Wildman–Crippen MR) is 80.1 cm³/mol. The largest absolute Gasteiger partial charge is 0.0851 e. The topological polar surface area (TPSA) is 0 Å². The average molecular weight is 255 g/mol. The summed E-state index contributed by atoms with van der Waals surface area (Å²) in [5.74, 6) is 1.88. The molecule has 1 aromatic rings. The molecule has 3 rings (SSSR count). The van der Waals surface area contributed by atoms with E-state index < -0.39 is 0 Å². The Morgan fingerprint density at radius 1 is 1.11 bits per heavy atom. The van der Waals surface area contributed by atoms with Crippen LogP contribution in [0.2, 0.25) is 11.6 Å². The molecular weight excluding hydrogens is 232 g/mol. The third kappa shape index (κ3) is 2.47. The molecule has 1 fully saturated rings. The number of rotatable bonds is 5. The molecule has 0 aliphatic heterocycles. The molecule has 1 heteroatoms. The highest BCUT2D eigenvalue weighted by molar-refractivity contribution is 6.60. The number of fused-ring (bicyclic) bond motifs is 2. The maximum absolute atomic E-state index is 2.53. The lowest BCUT2D eigenvalue weighted by Gasteiger charge is -2.27. The Bertz CT molecular complexity index is 409. The molecular formula is C17H23Si. The zero-order valence-corrected chi connectivity index (χ0v) is 12.3. The Hall–Kier alpha value is -0.823. The van der Waals surface area contributed by atoms with Crippen molar-refractivity contribution in [1.29, 1.82) is 0 Å². The third-order valence-electron chi connectivity index (χ3n) is 4.65. The van der Waals surface area contributed by atoms with E-state index in [2.05, 4.69) is 49.4 Å². The van der Waals surface area contributed by atoms with Crippen LogP contribution in [0.25, 0.3) is 0 Å². The molecule has 95 valence electrons. The second-order valence-electron chi connectivity index (χ2n) is 5.96. The van der Waals surface area contributed by atoms with Crippen LogP contribution in [0.1, 0.15) is 31.7 Å². The molecule has 0 saturated heterocycles. The lowest BCUT2D eigenvalue weighted by molar-refractivity contribution is 0.673. The normalized spacial score (nSPS) is 29.3. The van der Waals surface area contributed by atoms with Crippen molar-refractivity contribution in [2.75, 3.05) is 0 Å². The molecule has 1 radical (unpaired) electrons. The monoisotopic (exact) mass is 255 g/mol. The van der Waals surface area contributed by atoms with Crippen molar-refractivity contribution in [1.82, 2.24) is 0 Å². The molecule has 18 heavy (non-hydrogen) atoms. The van der Waals surface area contributed by atoms with Crippen LogP contribution in [0.4, 0.5) is 0 Å². The van der Waals surface area contributed by atoms with Gasteiger partial charge in [-0.05, 0) is 36.3 Å². The molecule has 2 aliphatic rings. The van der Waals surface area contributed by atoms with Crippen molar-refractivity contribution in [2.45, 2.75) is 43.8 Å². The van der Waals surface area contributed by atoms with Gasteiger partial charge in [-0.3, -0.25) is 0 Å². The number of hydrogen-bond donors (Lipinski definition) is 0. The summed E-state index contributed by atoms with van der Waals surface area (Å²) in [4.78, 5) is 0. The van der Waals surface area contributed by atoms with E-state index in [0.717, 1.165) is 17.4 Å². The van der Waals surface area contributed by atoms with Crippen LogP contribution in [0.15, 0.2) is 42.5 Å². The molecule has 0 spiro atoms. The van der Waals surface area contributed by atoms with Crippen LogP contribution < -0.4 is 0 Å². The predicted octanol–water partition coefficient (Wildman–Crippen LogP) is 4.64. The lowest BCUT2D eigenvalue weighted by Crippen LogP contribution is -2.26. The minimum atomic E-state index is -0.207. The van der Waals surface area contributed by atoms with Gasteiger partial charge < -0.3 is 0 Å². The van der Waals surface area contributed by atoms with Gasteiger partial charge in [-0.2, -0.15) is 0 Å². The van der Waals surface area contributed by atoms with Crippen molar-refractivity contribution >= 4 is 8.80 Å². The van der Waals surface area contributed by atoms with Crippen LogP contribution in [0.5, 0.6) is 0 Å². The van der Waals surface area contributed by atoms with E-state index in [0.29, 0.717) is 0 Å². The summed E-state index contributed by atoms with van der Waals surface area (Å²) in [5.41, 5.74) is 2.64. The summed E-state index contributed by atoms with van der Waals surface area (Å²) in [5, 5.41) is 0. The van der Waals surface area contributed by atoms with E-state index in [1.807, 2.05) is 0 Å². The van der Waals surface area contributed by atoms with Crippen LogP contribution in [0, 0.1) is 11.8 Å². The van der Waals surface area contributed by atoms with Gasteiger partial charge in [-0.25, -0.2) is 0 Å². The zero-order chi connectivity index (χ0) is 12.4. The summed E-state index contributed by atoms with van der Waals surface area (Å²) >= 11 is 0. The highest BCUT2D eigenvalue weighted by atomic mass is 28.3. The minimum Gasteiger partial charge on any atom is -0.0851 e. The molecule has 0 nitrogen and oxygen atoms in total. The van der Waals surface area contributed by atoms with Crippen molar-refractivity contribution in [3.63, 3.8) is 0 Å². The van der Waals surface area contributed by atoms with E-state index in [9.17, 15) is 0 Å². The van der Waals surface area contributed by atoms with E-state index >= 15 is 0 Å². The highest BCUT2D eigenvalue weighted by Crippen LogP contribution is 2.49. The van der Waals surface area contributed by atoms with Gasteiger partial charge in [0.2, 0.25) is 0 Å². The molecule has 0 amide bonds. The van der Waals surface area contributed by atoms with Crippen LogP contribution >= 0.6 is 0 Å². The van der Waals surface area contributed by atoms with Crippen molar-refractivity contribution in [3.05, 3.63) is 48.0 Å². The molecule has 2 aliphatic carbocycles. The first-order chi connectivity index (χ1) is 8.86. The SMILES string of the molecule is CCC[Si](Cc1ccccc1)C1CC2C=CC1C2. The number of hydrogen-bond acceptors (Lipinski definition) is 0. The van der Waals surface area contributed by atoms with Gasteiger partial charge in [0.05, 0.1) is 8.80 Å². The van der Waals surface area contributed by atoms with Crippen molar-refractivity contribution in [3.8, 4) is 0 Å². The minimum absolute atomic E-state index is 0.207. The second-order valence-corrected chi connectivity index (χ2v) is 8.87. The zero-order valence-electron chi connectivity index (χ0n) is 11.3.